The summed E-state index contributed by atoms with van der Waals surface area (Å²) in [6.07, 6.45) is 0.990. The molecule has 118 valence electrons. The number of fused-ring (bicyclic) bond motifs is 1. The van der Waals surface area contributed by atoms with Gasteiger partial charge in [0.2, 0.25) is 0 Å². The molecule has 23 heavy (non-hydrogen) atoms. The minimum Gasteiger partial charge on any atom is -0.291 e. The monoisotopic (exact) mass is 372 g/mol. The van der Waals surface area contributed by atoms with Crippen LogP contribution in [0.1, 0.15) is 23.7 Å². The Morgan fingerprint density at radius 2 is 1.87 bits per heavy atom. The zero-order chi connectivity index (χ0) is 16.4. The molecule has 0 aliphatic rings. The number of nitrogen functional groups attached to an aromatic ring is 1. The van der Waals surface area contributed by atoms with E-state index in [-0.39, 0.29) is 12.3 Å². The van der Waals surface area contributed by atoms with Crippen LogP contribution in [0, 0.1) is 0 Å². The van der Waals surface area contributed by atoms with Crippen molar-refractivity contribution in [2.24, 2.45) is 0 Å². The van der Waals surface area contributed by atoms with Crippen LogP contribution in [0.5, 0.6) is 0 Å². The van der Waals surface area contributed by atoms with Gasteiger partial charge in [-0.2, -0.15) is 0 Å². The van der Waals surface area contributed by atoms with Crippen molar-refractivity contribution < 1.29 is 9.36 Å². The highest BCUT2D eigenvalue weighted by Gasteiger charge is 2.22. The fraction of sp³-hybridized carbons (Fsp3) is 0.222. The maximum absolute atomic E-state index is 12.6. The Morgan fingerprint density at radius 1 is 1.17 bits per heavy atom. The molecular weight excluding hydrogens is 354 g/mol. The molecule has 0 saturated carbocycles. The van der Waals surface area contributed by atoms with Crippen LogP contribution in [0.3, 0.4) is 0 Å². The molecule has 0 fully saturated rings. The topological polar surface area (TPSA) is 51.9 Å². The van der Waals surface area contributed by atoms with E-state index in [0.717, 1.165) is 28.5 Å². The van der Waals surface area contributed by atoms with E-state index in [0.29, 0.717) is 11.5 Å². The van der Waals surface area contributed by atoms with Crippen LogP contribution in [0.15, 0.2) is 53.0 Å². The van der Waals surface area contributed by atoms with Crippen molar-refractivity contribution in [1.29, 1.82) is 0 Å². The zero-order valence-electron chi connectivity index (χ0n) is 13.0. The largest absolute Gasteiger partial charge is 0.356 e. The number of nitrogens with two attached hydrogens (primary N) is 1. The van der Waals surface area contributed by atoms with Crippen LogP contribution >= 0.6 is 15.9 Å². The van der Waals surface area contributed by atoms with Crippen LogP contribution < -0.4 is 10.3 Å². The fourth-order valence-corrected chi connectivity index (χ4v) is 3.07. The standard InChI is InChI=1S/C18H18BrN3O/c1-2-11-21-15-5-3-4-6-16(15)22(18(21)20)12-17(23)13-7-9-14(19)10-8-13/h3-10,20H,2,11-12H2,1H3/p+1. The summed E-state index contributed by atoms with van der Waals surface area (Å²) in [7, 11) is 0. The van der Waals surface area contributed by atoms with Gasteiger partial charge < -0.3 is 0 Å². The number of halogens is 1. The van der Waals surface area contributed by atoms with Gasteiger partial charge in [0, 0.05) is 10.0 Å². The normalized spacial score (nSPS) is 11.0. The molecule has 3 aromatic rings. The summed E-state index contributed by atoms with van der Waals surface area (Å²) >= 11 is 3.39. The molecule has 5 heteroatoms. The minimum atomic E-state index is 0.0496. The average Bonchev–Trinajstić information content (AvgIpc) is 2.82. The van der Waals surface area contributed by atoms with Gasteiger partial charge in [0.1, 0.15) is 17.6 Å². The fourth-order valence-electron chi connectivity index (χ4n) is 2.81. The van der Waals surface area contributed by atoms with E-state index in [9.17, 15) is 4.79 Å². The first-order valence-electron chi connectivity index (χ1n) is 7.67. The second kappa shape index (κ2) is 6.54. The Bertz CT molecular complexity index is 853. The molecule has 0 radical (unpaired) electrons. The van der Waals surface area contributed by atoms with Crippen molar-refractivity contribution in [2.45, 2.75) is 26.4 Å². The lowest BCUT2D eigenvalue weighted by Crippen LogP contribution is -2.40. The van der Waals surface area contributed by atoms with Crippen LogP contribution in [-0.4, -0.2) is 10.4 Å². The lowest BCUT2D eigenvalue weighted by molar-refractivity contribution is -0.642. The van der Waals surface area contributed by atoms with Gasteiger partial charge in [-0.3, -0.25) is 10.5 Å². The summed E-state index contributed by atoms with van der Waals surface area (Å²) in [5, 5.41) is 0. The third kappa shape index (κ3) is 3.01. The van der Waals surface area contributed by atoms with Crippen LogP contribution in [0.4, 0.5) is 5.95 Å². The molecule has 0 unspecified atom stereocenters. The molecule has 4 nitrogen and oxygen atoms in total. The van der Waals surface area contributed by atoms with Gasteiger partial charge in [0.05, 0.1) is 6.54 Å². The first-order valence-corrected chi connectivity index (χ1v) is 8.46. The van der Waals surface area contributed by atoms with Crippen molar-refractivity contribution in [3.8, 4) is 0 Å². The third-order valence-electron chi connectivity index (χ3n) is 3.93. The van der Waals surface area contributed by atoms with E-state index >= 15 is 0 Å². The molecule has 0 aliphatic heterocycles. The molecule has 2 N–H and O–H groups in total. The Labute approximate surface area is 143 Å². The number of Topliss-reactive ketones (excluding diaryl/α,β-unsaturated/α-hetero) is 1. The number of nitrogens with zero attached hydrogens (tertiary/aromatic N) is 2. The predicted molar refractivity (Wildman–Crippen MR) is 95.3 cm³/mol. The molecule has 1 aromatic heterocycles. The third-order valence-corrected chi connectivity index (χ3v) is 4.46. The summed E-state index contributed by atoms with van der Waals surface area (Å²) in [6, 6.07) is 15.4. The van der Waals surface area contributed by atoms with Gasteiger partial charge in [0.15, 0.2) is 5.78 Å². The SMILES string of the molecule is CCCn1c(N)[n+](CC(=O)c2ccc(Br)cc2)c2ccccc21. The van der Waals surface area contributed by atoms with E-state index in [2.05, 4.69) is 27.4 Å². The molecule has 0 atom stereocenters. The van der Waals surface area contributed by atoms with Crippen molar-refractivity contribution in [3.63, 3.8) is 0 Å². The van der Waals surface area contributed by atoms with Crippen molar-refractivity contribution in [2.75, 3.05) is 5.73 Å². The highest BCUT2D eigenvalue weighted by molar-refractivity contribution is 9.10. The molecule has 0 aliphatic carbocycles. The van der Waals surface area contributed by atoms with E-state index in [1.807, 2.05) is 53.1 Å². The zero-order valence-corrected chi connectivity index (χ0v) is 14.6. The second-order valence-electron chi connectivity index (χ2n) is 5.51. The molecular formula is C18H19BrN3O+. The van der Waals surface area contributed by atoms with Gasteiger partial charge in [0.25, 0.3) is 0 Å². The van der Waals surface area contributed by atoms with Crippen molar-refractivity contribution in [1.82, 2.24) is 4.57 Å². The number of rotatable bonds is 5. The number of benzene rings is 2. The van der Waals surface area contributed by atoms with Crippen LogP contribution in [-0.2, 0) is 13.1 Å². The first kappa shape index (κ1) is 15.7. The number of carbonyl (C=O) groups excluding carboxylic acids is 1. The summed E-state index contributed by atoms with van der Waals surface area (Å²) < 4.78 is 4.93. The molecule has 0 amide bonds. The number of hydrogen-bond donors (Lipinski definition) is 1. The van der Waals surface area contributed by atoms with Gasteiger partial charge in [-0.05, 0) is 30.7 Å². The van der Waals surface area contributed by atoms with Gasteiger partial charge in [-0.15, -0.1) is 0 Å². The number of ketones is 1. The molecule has 0 saturated heterocycles. The number of imidazole rings is 1. The Balaban J connectivity index is 2.01. The van der Waals surface area contributed by atoms with E-state index in [1.54, 1.807) is 0 Å². The van der Waals surface area contributed by atoms with E-state index < -0.39 is 0 Å². The number of anilines is 1. The Kier molecular flexibility index (Phi) is 4.48. The van der Waals surface area contributed by atoms with Crippen molar-refractivity contribution >= 4 is 38.7 Å². The maximum Gasteiger partial charge on any atom is 0.356 e. The first-order chi connectivity index (χ1) is 11.1. The molecule has 1 heterocycles. The van der Waals surface area contributed by atoms with Gasteiger partial charge >= 0.3 is 5.95 Å². The number of carbonyl (C=O) groups is 1. The quantitative estimate of drug-likeness (QED) is 0.549. The average molecular weight is 373 g/mol. The highest BCUT2D eigenvalue weighted by atomic mass is 79.9. The van der Waals surface area contributed by atoms with E-state index in [1.165, 1.54) is 0 Å². The molecule has 2 aromatic carbocycles. The minimum absolute atomic E-state index is 0.0496. The maximum atomic E-state index is 12.6. The van der Waals surface area contributed by atoms with E-state index in [4.69, 9.17) is 5.73 Å². The highest BCUT2D eigenvalue weighted by Crippen LogP contribution is 2.17. The molecule has 0 spiro atoms. The smallest absolute Gasteiger partial charge is 0.291 e. The van der Waals surface area contributed by atoms with Crippen LogP contribution in [0.2, 0.25) is 0 Å². The number of para-hydroxylation sites is 2. The van der Waals surface area contributed by atoms with Gasteiger partial charge in [-0.1, -0.05) is 47.1 Å². The lowest BCUT2D eigenvalue weighted by atomic mass is 10.1. The summed E-state index contributed by atoms with van der Waals surface area (Å²) in [6.45, 7) is 3.20. The summed E-state index contributed by atoms with van der Waals surface area (Å²) in [5.41, 5.74) is 9.06. The molecule has 0 bridgehead atoms. The second-order valence-corrected chi connectivity index (χ2v) is 6.43. The number of aromatic nitrogens is 2. The number of aryl methyl sites for hydroxylation is 1. The Hall–Kier alpha value is -2.14. The number of hydrogen-bond acceptors (Lipinski definition) is 2. The molecule has 3 rings (SSSR count). The lowest BCUT2D eigenvalue weighted by Gasteiger charge is -2.02. The summed E-state index contributed by atoms with van der Waals surface area (Å²) in [4.78, 5) is 12.6. The van der Waals surface area contributed by atoms with Gasteiger partial charge in [-0.25, -0.2) is 9.13 Å². The summed E-state index contributed by atoms with van der Waals surface area (Å²) in [5.74, 6) is 0.673. The van der Waals surface area contributed by atoms with Crippen LogP contribution in [0.25, 0.3) is 11.0 Å². The predicted octanol–water partition coefficient (Wildman–Crippen LogP) is 3.57. The van der Waals surface area contributed by atoms with Crippen molar-refractivity contribution in [3.05, 3.63) is 58.6 Å². The Morgan fingerprint density at radius 3 is 2.57 bits per heavy atom.